The van der Waals surface area contributed by atoms with Crippen molar-refractivity contribution < 1.29 is 28.5 Å². The summed E-state index contributed by atoms with van der Waals surface area (Å²) in [6, 6.07) is 18.6. The van der Waals surface area contributed by atoms with Gasteiger partial charge in [-0.3, -0.25) is 0 Å². The first kappa shape index (κ1) is 18.1. The van der Waals surface area contributed by atoms with Crippen LogP contribution < -0.4 is 0 Å². The zero-order valence-electron chi connectivity index (χ0n) is 15.0. The average Bonchev–Trinajstić information content (AvgIpc) is 2.74. The average molecular weight is 370 g/mol. The molecular weight excluding hydrogens is 348 g/mol. The first-order chi connectivity index (χ1) is 13.2. The Kier molecular flexibility index (Phi) is 5.50. The molecule has 0 radical (unpaired) electrons. The van der Waals surface area contributed by atoms with E-state index in [-0.39, 0.29) is 12.1 Å². The van der Waals surface area contributed by atoms with Crippen LogP contribution in [-0.2, 0) is 23.7 Å². The van der Waals surface area contributed by atoms with Gasteiger partial charge in [0.25, 0.3) is 0 Å². The van der Waals surface area contributed by atoms with Crippen molar-refractivity contribution in [2.75, 3.05) is 13.7 Å². The van der Waals surface area contributed by atoms with Crippen molar-refractivity contribution in [2.45, 2.75) is 37.3 Å². The van der Waals surface area contributed by atoms with E-state index in [9.17, 15) is 4.79 Å². The first-order valence-electron chi connectivity index (χ1n) is 9.01. The first-order valence-corrected chi connectivity index (χ1v) is 9.01. The lowest BCUT2D eigenvalue weighted by Crippen LogP contribution is -2.56. The molecule has 0 N–H and O–H groups in total. The number of carbonyl (C=O) groups excluding carboxylic acids is 1. The van der Waals surface area contributed by atoms with E-state index < -0.39 is 24.8 Å². The Hall–Kier alpha value is -2.25. The van der Waals surface area contributed by atoms with Crippen LogP contribution in [0.25, 0.3) is 0 Å². The lowest BCUT2D eigenvalue weighted by atomic mass is 9.99. The summed E-state index contributed by atoms with van der Waals surface area (Å²) < 4.78 is 29.0. The molecule has 0 amide bonds. The van der Waals surface area contributed by atoms with Crippen LogP contribution in [0.4, 0.5) is 0 Å². The predicted molar refractivity (Wildman–Crippen MR) is 95.9 cm³/mol. The Morgan fingerprint density at radius 2 is 1.70 bits per heavy atom. The molecular formula is C21H22O6. The fourth-order valence-corrected chi connectivity index (χ4v) is 3.40. The molecule has 0 spiro atoms. The Morgan fingerprint density at radius 1 is 1.00 bits per heavy atom. The normalized spacial score (nSPS) is 30.3. The molecule has 5 atom stereocenters. The van der Waals surface area contributed by atoms with Gasteiger partial charge in [-0.2, -0.15) is 0 Å². The van der Waals surface area contributed by atoms with Crippen molar-refractivity contribution in [2.24, 2.45) is 0 Å². The number of fused-ring (bicyclic) bond motifs is 1. The van der Waals surface area contributed by atoms with Gasteiger partial charge in [-0.25, -0.2) is 4.79 Å². The molecule has 2 heterocycles. The number of hydrogen-bond donors (Lipinski definition) is 0. The van der Waals surface area contributed by atoms with E-state index >= 15 is 0 Å². The largest absolute Gasteiger partial charge is 0.456 e. The number of rotatable bonds is 4. The topological polar surface area (TPSA) is 63.2 Å². The Labute approximate surface area is 157 Å². The van der Waals surface area contributed by atoms with E-state index in [0.29, 0.717) is 18.6 Å². The second kappa shape index (κ2) is 8.19. The molecule has 0 bridgehead atoms. The zero-order valence-corrected chi connectivity index (χ0v) is 15.0. The molecule has 0 aliphatic carbocycles. The highest BCUT2D eigenvalue weighted by molar-refractivity contribution is 5.89. The van der Waals surface area contributed by atoms with E-state index in [4.69, 9.17) is 23.7 Å². The number of carbonyl (C=O) groups is 1. The predicted octanol–water partition coefficient (Wildman–Crippen LogP) is 3.09. The van der Waals surface area contributed by atoms with Crippen LogP contribution in [-0.4, -0.2) is 44.3 Å². The number of benzene rings is 2. The number of methoxy groups -OCH3 is 1. The van der Waals surface area contributed by atoms with E-state index in [2.05, 4.69) is 0 Å². The van der Waals surface area contributed by atoms with Crippen LogP contribution in [0, 0.1) is 0 Å². The number of ether oxygens (including phenoxy) is 5. The molecule has 6 heteroatoms. The molecule has 0 aromatic heterocycles. The summed E-state index contributed by atoms with van der Waals surface area (Å²) >= 11 is 0. The Balaban J connectivity index is 1.51. The molecule has 0 unspecified atom stereocenters. The van der Waals surface area contributed by atoms with Crippen LogP contribution >= 0.6 is 0 Å². The number of hydrogen-bond acceptors (Lipinski definition) is 6. The minimum Gasteiger partial charge on any atom is -0.456 e. The fraction of sp³-hybridized carbons (Fsp3) is 0.381. The van der Waals surface area contributed by atoms with Gasteiger partial charge < -0.3 is 23.7 Å². The summed E-state index contributed by atoms with van der Waals surface area (Å²) in [6.07, 6.45) is -1.87. The molecule has 2 saturated heterocycles. The summed E-state index contributed by atoms with van der Waals surface area (Å²) in [5.41, 5.74) is 1.42. The smallest absolute Gasteiger partial charge is 0.338 e. The molecule has 4 rings (SSSR count). The van der Waals surface area contributed by atoms with Gasteiger partial charge in [0.05, 0.1) is 12.2 Å². The van der Waals surface area contributed by atoms with E-state index in [1.165, 1.54) is 0 Å². The van der Waals surface area contributed by atoms with Crippen LogP contribution in [0.15, 0.2) is 60.7 Å². The van der Waals surface area contributed by atoms with Gasteiger partial charge in [0.2, 0.25) is 0 Å². The molecule has 2 aromatic rings. The highest BCUT2D eigenvalue weighted by atomic mass is 16.7. The van der Waals surface area contributed by atoms with Gasteiger partial charge in [0.1, 0.15) is 18.3 Å². The van der Waals surface area contributed by atoms with Crippen LogP contribution in [0.1, 0.15) is 28.6 Å². The highest BCUT2D eigenvalue weighted by Gasteiger charge is 2.46. The third-order valence-corrected chi connectivity index (χ3v) is 4.78. The summed E-state index contributed by atoms with van der Waals surface area (Å²) in [5.74, 6) is -0.387. The molecule has 6 nitrogen and oxygen atoms in total. The molecule has 2 aliphatic rings. The van der Waals surface area contributed by atoms with E-state index in [0.717, 1.165) is 5.56 Å². The maximum Gasteiger partial charge on any atom is 0.338 e. The summed E-state index contributed by atoms with van der Waals surface area (Å²) in [6.45, 7) is 0.337. The molecule has 2 aliphatic heterocycles. The third kappa shape index (κ3) is 4.04. The van der Waals surface area contributed by atoms with Crippen molar-refractivity contribution in [3.8, 4) is 0 Å². The van der Waals surface area contributed by atoms with Gasteiger partial charge >= 0.3 is 5.97 Å². The third-order valence-electron chi connectivity index (χ3n) is 4.78. The fourth-order valence-electron chi connectivity index (χ4n) is 3.40. The maximum absolute atomic E-state index is 12.5. The lowest BCUT2D eigenvalue weighted by Gasteiger charge is -2.45. The van der Waals surface area contributed by atoms with Crippen LogP contribution in [0.3, 0.4) is 0 Å². The Bertz CT molecular complexity index is 750. The Morgan fingerprint density at radius 3 is 2.41 bits per heavy atom. The summed E-state index contributed by atoms with van der Waals surface area (Å²) in [4.78, 5) is 12.5. The SMILES string of the molecule is CO[C@H]1C[C@@H](OC(=O)c2ccccc2)[C@H]2O[C@@H](c3ccccc3)OC[C@@H]2O1. The molecule has 2 fully saturated rings. The van der Waals surface area contributed by atoms with Crippen molar-refractivity contribution in [3.63, 3.8) is 0 Å². The van der Waals surface area contributed by atoms with Gasteiger partial charge in [-0.15, -0.1) is 0 Å². The zero-order chi connectivity index (χ0) is 18.6. The molecule has 27 heavy (non-hydrogen) atoms. The van der Waals surface area contributed by atoms with Crippen molar-refractivity contribution in [1.82, 2.24) is 0 Å². The lowest BCUT2D eigenvalue weighted by molar-refractivity contribution is -0.333. The molecule has 0 saturated carbocycles. The summed E-state index contributed by atoms with van der Waals surface area (Å²) in [5, 5.41) is 0. The minimum absolute atomic E-state index is 0.337. The van der Waals surface area contributed by atoms with Gasteiger partial charge in [-0.05, 0) is 12.1 Å². The molecule has 142 valence electrons. The quantitative estimate of drug-likeness (QED) is 0.771. The van der Waals surface area contributed by atoms with E-state index in [1.54, 1.807) is 31.4 Å². The summed E-state index contributed by atoms with van der Waals surface area (Å²) in [7, 11) is 1.57. The minimum atomic E-state index is -0.520. The number of esters is 1. The molecule has 2 aromatic carbocycles. The van der Waals surface area contributed by atoms with Gasteiger partial charge in [0, 0.05) is 19.1 Å². The van der Waals surface area contributed by atoms with Crippen molar-refractivity contribution in [3.05, 3.63) is 71.8 Å². The van der Waals surface area contributed by atoms with Gasteiger partial charge in [-0.1, -0.05) is 48.5 Å². The van der Waals surface area contributed by atoms with Crippen molar-refractivity contribution >= 4 is 5.97 Å². The monoisotopic (exact) mass is 370 g/mol. The highest BCUT2D eigenvalue weighted by Crippen LogP contribution is 2.35. The second-order valence-electron chi connectivity index (χ2n) is 6.56. The van der Waals surface area contributed by atoms with Crippen molar-refractivity contribution in [1.29, 1.82) is 0 Å². The standard InChI is InChI=1S/C21H22O6/c1-23-18-12-16(26-20(22)14-8-4-2-5-9-14)19-17(25-18)13-24-21(27-19)15-10-6-3-7-11-15/h2-11,16-19,21H,12-13H2,1H3/t16-,17+,18-,19-,21+/m1/s1. The second-order valence-corrected chi connectivity index (χ2v) is 6.56. The van der Waals surface area contributed by atoms with Gasteiger partial charge in [0.15, 0.2) is 12.6 Å². The van der Waals surface area contributed by atoms with Crippen LogP contribution in [0.2, 0.25) is 0 Å². The van der Waals surface area contributed by atoms with E-state index in [1.807, 2.05) is 36.4 Å². The maximum atomic E-state index is 12.5. The van der Waals surface area contributed by atoms with Crippen LogP contribution in [0.5, 0.6) is 0 Å².